The van der Waals surface area contributed by atoms with E-state index in [0.29, 0.717) is 16.9 Å². The summed E-state index contributed by atoms with van der Waals surface area (Å²) in [6, 6.07) is 10.9. The van der Waals surface area contributed by atoms with E-state index >= 15 is 0 Å². The Labute approximate surface area is 130 Å². The quantitative estimate of drug-likeness (QED) is 0.702. The van der Waals surface area contributed by atoms with Crippen LogP contribution >= 0.6 is 0 Å². The molecule has 0 saturated heterocycles. The lowest BCUT2D eigenvalue weighted by atomic mass is 10.2. The van der Waals surface area contributed by atoms with Gasteiger partial charge in [0.25, 0.3) is 5.91 Å². The summed E-state index contributed by atoms with van der Waals surface area (Å²) >= 11 is 0. The average molecular weight is 311 g/mol. The summed E-state index contributed by atoms with van der Waals surface area (Å²) in [6.07, 6.45) is 0. The van der Waals surface area contributed by atoms with Crippen LogP contribution in [0.15, 0.2) is 51.7 Å². The molecule has 0 atom stereocenters. The van der Waals surface area contributed by atoms with Gasteiger partial charge < -0.3 is 15.5 Å². The minimum absolute atomic E-state index is 0.237. The van der Waals surface area contributed by atoms with Gasteiger partial charge in [-0.3, -0.25) is 9.59 Å². The highest BCUT2D eigenvalue weighted by molar-refractivity contribution is 6.02. The third-order valence-corrected chi connectivity index (χ3v) is 3.24. The van der Waals surface area contributed by atoms with Crippen LogP contribution < -0.4 is 16.8 Å². The normalized spacial score (nSPS) is 10.7. The first kappa shape index (κ1) is 14.6. The van der Waals surface area contributed by atoms with Crippen LogP contribution in [0.4, 0.5) is 11.4 Å². The van der Waals surface area contributed by atoms with Gasteiger partial charge in [-0.15, -0.1) is 0 Å². The number of anilines is 2. The van der Waals surface area contributed by atoms with Crippen LogP contribution in [0.3, 0.4) is 0 Å². The predicted octanol–water partition coefficient (Wildman–Crippen LogP) is 1.82. The summed E-state index contributed by atoms with van der Waals surface area (Å²) in [4.78, 5) is 35.7. The van der Waals surface area contributed by atoms with Gasteiger partial charge >= 0.3 is 5.76 Å². The van der Waals surface area contributed by atoms with E-state index in [0.717, 1.165) is 4.57 Å². The van der Waals surface area contributed by atoms with Gasteiger partial charge in [0.1, 0.15) is 0 Å². The third kappa shape index (κ3) is 2.71. The van der Waals surface area contributed by atoms with E-state index in [-0.39, 0.29) is 17.1 Å². The summed E-state index contributed by atoms with van der Waals surface area (Å²) in [5.41, 5.74) is 7.35. The minimum Gasteiger partial charge on any atom is -0.407 e. The Hall–Kier alpha value is -3.35. The summed E-state index contributed by atoms with van der Waals surface area (Å²) in [6.45, 7) is 1.37. The van der Waals surface area contributed by atoms with Gasteiger partial charge in [0.15, 0.2) is 5.58 Å². The predicted molar refractivity (Wildman–Crippen MR) is 85.4 cm³/mol. The van der Waals surface area contributed by atoms with Crippen molar-refractivity contribution in [3.8, 4) is 0 Å². The van der Waals surface area contributed by atoms with Gasteiger partial charge in [-0.25, -0.2) is 9.36 Å². The van der Waals surface area contributed by atoms with Gasteiger partial charge in [0, 0.05) is 29.9 Å². The van der Waals surface area contributed by atoms with Crippen molar-refractivity contribution in [2.75, 3.05) is 11.1 Å². The van der Waals surface area contributed by atoms with Crippen LogP contribution in [-0.2, 0) is 4.79 Å². The van der Waals surface area contributed by atoms with Gasteiger partial charge in [-0.2, -0.15) is 0 Å². The maximum atomic E-state index is 12.6. The van der Waals surface area contributed by atoms with E-state index in [1.807, 2.05) is 0 Å². The highest BCUT2D eigenvalue weighted by Crippen LogP contribution is 2.18. The van der Waals surface area contributed by atoms with E-state index in [1.165, 1.54) is 19.1 Å². The number of nitrogens with zero attached hydrogens (tertiary/aromatic N) is 1. The molecule has 0 aliphatic carbocycles. The van der Waals surface area contributed by atoms with Crippen LogP contribution in [0.1, 0.15) is 17.3 Å². The maximum Gasteiger partial charge on any atom is 0.427 e. The molecular formula is C16H13N3O4. The number of benzene rings is 2. The van der Waals surface area contributed by atoms with Gasteiger partial charge in [0.05, 0.1) is 5.52 Å². The number of carbonyl (C=O) groups is 2. The van der Waals surface area contributed by atoms with Crippen LogP contribution in [0.25, 0.3) is 11.1 Å². The van der Waals surface area contributed by atoms with E-state index in [4.69, 9.17) is 10.2 Å². The number of hydrogen-bond acceptors (Lipinski definition) is 5. The number of oxazole rings is 1. The molecule has 1 amide bonds. The lowest BCUT2D eigenvalue weighted by Gasteiger charge is -2.05. The molecular weight excluding hydrogens is 298 g/mol. The van der Waals surface area contributed by atoms with E-state index in [2.05, 4.69) is 5.32 Å². The number of fused-ring (bicyclic) bond motifs is 1. The Bertz CT molecular complexity index is 984. The summed E-state index contributed by atoms with van der Waals surface area (Å²) in [5, 5.41) is 2.59. The molecule has 2 aromatic carbocycles. The van der Waals surface area contributed by atoms with Crippen molar-refractivity contribution in [1.29, 1.82) is 0 Å². The van der Waals surface area contributed by atoms with Crippen LogP contribution in [-0.4, -0.2) is 16.4 Å². The number of nitrogen functional groups attached to an aromatic ring is 1. The first-order valence-electron chi connectivity index (χ1n) is 6.79. The molecule has 3 N–H and O–H groups in total. The van der Waals surface area contributed by atoms with Gasteiger partial charge in [0.2, 0.25) is 5.91 Å². The molecule has 0 spiro atoms. The molecule has 1 aromatic heterocycles. The number of aromatic nitrogens is 1. The number of nitrogens with one attached hydrogen (secondary N) is 1. The number of hydrogen-bond donors (Lipinski definition) is 2. The lowest BCUT2D eigenvalue weighted by molar-refractivity contribution is -0.114. The molecule has 0 aliphatic rings. The van der Waals surface area contributed by atoms with Crippen molar-refractivity contribution < 1.29 is 14.0 Å². The summed E-state index contributed by atoms with van der Waals surface area (Å²) < 4.78 is 5.99. The molecule has 0 bridgehead atoms. The maximum absolute atomic E-state index is 12.6. The fourth-order valence-electron chi connectivity index (χ4n) is 2.29. The zero-order valence-corrected chi connectivity index (χ0v) is 12.2. The molecule has 0 saturated carbocycles. The smallest absolute Gasteiger partial charge is 0.407 e. The molecule has 7 nitrogen and oxygen atoms in total. The van der Waals surface area contributed by atoms with E-state index in [1.54, 1.807) is 30.3 Å². The zero-order chi connectivity index (χ0) is 16.6. The largest absolute Gasteiger partial charge is 0.427 e. The third-order valence-electron chi connectivity index (χ3n) is 3.24. The monoisotopic (exact) mass is 311 g/mol. The van der Waals surface area contributed by atoms with Crippen LogP contribution in [0, 0.1) is 0 Å². The zero-order valence-electron chi connectivity index (χ0n) is 12.2. The molecule has 23 heavy (non-hydrogen) atoms. The van der Waals surface area contributed by atoms with Crippen molar-refractivity contribution >= 4 is 34.3 Å². The molecule has 7 heteroatoms. The lowest BCUT2D eigenvalue weighted by Crippen LogP contribution is -2.23. The van der Waals surface area contributed by atoms with Crippen molar-refractivity contribution in [2.45, 2.75) is 6.92 Å². The standard InChI is InChI=1S/C16H13N3O4/c1-9(20)18-12-4-2-3-10(7-12)15(21)19-13-6-5-11(17)8-14(13)23-16(19)22/h2-8H,17H2,1H3,(H,18,20). The Morgan fingerprint density at radius 1 is 1.17 bits per heavy atom. The fourth-order valence-corrected chi connectivity index (χ4v) is 2.29. The number of nitrogens with two attached hydrogens (primary N) is 1. The molecule has 3 aromatic rings. The average Bonchev–Trinajstić information content (AvgIpc) is 2.81. The van der Waals surface area contributed by atoms with Gasteiger partial charge in [-0.05, 0) is 30.3 Å². The highest BCUT2D eigenvalue weighted by atomic mass is 16.4. The first-order chi connectivity index (χ1) is 11.0. The van der Waals surface area contributed by atoms with Crippen molar-refractivity contribution in [1.82, 2.24) is 4.57 Å². The Morgan fingerprint density at radius 2 is 1.96 bits per heavy atom. The summed E-state index contributed by atoms with van der Waals surface area (Å²) in [5.74, 6) is -1.60. The molecule has 0 fully saturated rings. The molecule has 0 unspecified atom stereocenters. The Kier molecular flexibility index (Phi) is 3.46. The molecule has 3 rings (SSSR count). The van der Waals surface area contributed by atoms with Crippen molar-refractivity contribution in [3.63, 3.8) is 0 Å². The molecule has 1 heterocycles. The fraction of sp³-hybridized carbons (Fsp3) is 0.0625. The molecule has 116 valence electrons. The van der Waals surface area contributed by atoms with Gasteiger partial charge in [-0.1, -0.05) is 6.07 Å². The van der Waals surface area contributed by atoms with Crippen molar-refractivity contribution in [2.24, 2.45) is 0 Å². The summed E-state index contributed by atoms with van der Waals surface area (Å²) in [7, 11) is 0. The second-order valence-corrected chi connectivity index (χ2v) is 5.00. The SMILES string of the molecule is CC(=O)Nc1cccc(C(=O)n2c(=O)oc3cc(N)ccc32)c1. The van der Waals surface area contributed by atoms with E-state index in [9.17, 15) is 14.4 Å². The second-order valence-electron chi connectivity index (χ2n) is 5.00. The van der Waals surface area contributed by atoms with Crippen LogP contribution in [0.5, 0.6) is 0 Å². The minimum atomic E-state index is -0.791. The number of rotatable bonds is 2. The Balaban J connectivity index is 2.09. The first-order valence-corrected chi connectivity index (χ1v) is 6.79. The number of carbonyl (C=O) groups excluding carboxylic acids is 2. The second kappa shape index (κ2) is 5.45. The topological polar surface area (TPSA) is 107 Å². The highest BCUT2D eigenvalue weighted by Gasteiger charge is 2.18. The Morgan fingerprint density at radius 3 is 2.70 bits per heavy atom. The van der Waals surface area contributed by atoms with Crippen molar-refractivity contribution in [3.05, 3.63) is 58.6 Å². The molecule has 0 radical (unpaired) electrons. The van der Waals surface area contributed by atoms with Crippen LogP contribution in [0.2, 0.25) is 0 Å². The molecule has 0 aliphatic heterocycles. The number of amides is 1. The van der Waals surface area contributed by atoms with E-state index < -0.39 is 11.7 Å².